The quantitative estimate of drug-likeness (QED) is 0.737. The van der Waals surface area contributed by atoms with Crippen molar-refractivity contribution in [2.45, 2.75) is 20.3 Å². The van der Waals surface area contributed by atoms with Crippen LogP contribution in [0, 0.1) is 0 Å². The Morgan fingerprint density at radius 2 is 1.71 bits per heavy atom. The Bertz CT molecular complexity index is 489. The van der Waals surface area contributed by atoms with Gasteiger partial charge in [-0.1, -0.05) is 56.3 Å². The molecule has 2 rings (SSSR count). The number of carbonyl (C=O) groups excluding carboxylic acids is 1. The molecule has 0 heterocycles. The van der Waals surface area contributed by atoms with Gasteiger partial charge in [0, 0.05) is 0 Å². The third-order valence-corrected chi connectivity index (χ3v) is 2.39. The molecule has 0 aliphatic heterocycles. The van der Waals surface area contributed by atoms with Crippen LogP contribution in [0.1, 0.15) is 19.4 Å². The lowest BCUT2D eigenvalue weighted by molar-refractivity contribution is -0.139. The van der Waals surface area contributed by atoms with Gasteiger partial charge in [-0.25, -0.2) is 0 Å². The van der Waals surface area contributed by atoms with Gasteiger partial charge in [-0.3, -0.25) is 4.79 Å². The molecule has 0 spiro atoms. The maximum Gasteiger partial charge on any atom is 0.309 e. The van der Waals surface area contributed by atoms with Crippen molar-refractivity contribution in [2.75, 3.05) is 7.11 Å². The van der Waals surface area contributed by atoms with Crippen molar-refractivity contribution in [3.05, 3.63) is 48.0 Å². The molecule has 0 aromatic heterocycles. The number of ether oxygens (including phenoxy) is 1. The first-order chi connectivity index (χ1) is 8.29. The van der Waals surface area contributed by atoms with Crippen LogP contribution in [-0.4, -0.2) is 13.1 Å². The number of hydrogen-bond donors (Lipinski definition) is 0. The first-order valence-corrected chi connectivity index (χ1v) is 5.84. The summed E-state index contributed by atoms with van der Waals surface area (Å²) in [4.78, 5) is 11.1. The van der Waals surface area contributed by atoms with Crippen LogP contribution in [0.15, 0.2) is 42.5 Å². The summed E-state index contributed by atoms with van der Waals surface area (Å²) in [6.45, 7) is 4.00. The first kappa shape index (κ1) is 13.2. The van der Waals surface area contributed by atoms with Crippen molar-refractivity contribution in [3.8, 4) is 0 Å². The van der Waals surface area contributed by atoms with Crippen molar-refractivity contribution in [3.63, 3.8) is 0 Å². The van der Waals surface area contributed by atoms with E-state index in [-0.39, 0.29) is 5.97 Å². The van der Waals surface area contributed by atoms with Crippen molar-refractivity contribution < 1.29 is 9.53 Å². The predicted molar refractivity (Wildman–Crippen MR) is 71.0 cm³/mol. The maximum atomic E-state index is 11.1. The molecule has 2 aromatic carbocycles. The normalized spacial score (nSPS) is 9.35. The van der Waals surface area contributed by atoms with Crippen LogP contribution in [0.2, 0.25) is 0 Å². The van der Waals surface area contributed by atoms with Crippen molar-refractivity contribution in [1.82, 2.24) is 0 Å². The molecule has 2 nitrogen and oxygen atoms in total. The van der Waals surface area contributed by atoms with Crippen LogP contribution in [0.5, 0.6) is 0 Å². The van der Waals surface area contributed by atoms with Crippen LogP contribution in [0.25, 0.3) is 10.8 Å². The second-order valence-corrected chi connectivity index (χ2v) is 3.43. The van der Waals surface area contributed by atoms with Crippen molar-refractivity contribution in [2.24, 2.45) is 0 Å². The van der Waals surface area contributed by atoms with E-state index in [1.54, 1.807) is 0 Å². The standard InChI is InChI=1S/C13H12O2.C2H6/c1-15-13(14)9-10-6-7-11-4-2-3-5-12(11)8-10;1-2/h2-8H,9H2,1H3;1-2H3. The Labute approximate surface area is 102 Å². The summed E-state index contributed by atoms with van der Waals surface area (Å²) in [5.74, 6) is -0.203. The Morgan fingerprint density at radius 1 is 1.06 bits per heavy atom. The molecule has 2 heteroatoms. The van der Waals surface area contributed by atoms with Gasteiger partial charge in [0.1, 0.15) is 0 Å². The monoisotopic (exact) mass is 230 g/mol. The van der Waals surface area contributed by atoms with E-state index in [1.165, 1.54) is 12.5 Å². The molecule has 0 radical (unpaired) electrons. The molecular formula is C15H18O2. The zero-order valence-corrected chi connectivity index (χ0v) is 10.6. The average molecular weight is 230 g/mol. The molecule has 90 valence electrons. The third-order valence-electron chi connectivity index (χ3n) is 2.39. The van der Waals surface area contributed by atoms with Gasteiger partial charge >= 0.3 is 5.97 Å². The molecule has 0 amide bonds. The van der Waals surface area contributed by atoms with Crippen molar-refractivity contribution >= 4 is 16.7 Å². The molecule has 0 saturated heterocycles. The van der Waals surface area contributed by atoms with E-state index in [4.69, 9.17) is 0 Å². The Balaban J connectivity index is 0.000000686. The second kappa shape index (κ2) is 6.69. The maximum absolute atomic E-state index is 11.1. The van der Waals surface area contributed by atoms with E-state index >= 15 is 0 Å². The molecule has 0 aliphatic rings. The molecule has 0 atom stereocenters. The molecule has 17 heavy (non-hydrogen) atoms. The summed E-state index contributed by atoms with van der Waals surface area (Å²) < 4.78 is 4.63. The Hall–Kier alpha value is -1.83. The zero-order chi connectivity index (χ0) is 12.7. The van der Waals surface area contributed by atoms with Gasteiger partial charge in [0.15, 0.2) is 0 Å². The van der Waals surface area contributed by atoms with Crippen LogP contribution < -0.4 is 0 Å². The van der Waals surface area contributed by atoms with Gasteiger partial charge in [-0.05, 0) is 16.3 Å². The molecule has 0 fully saturated rings. The minimum absolute atomic E-state index is 0.203. The molecule has 0 aliphatic carbocycles. The number of benzene rings is 2. The molecule has 0 N–H and O–H groups in total. The lowest BCUT2D eigenvalue weighted by Gasteiger charge is -2.02. The van der Waals surface area contributed by atoms with Crippen LogP contribution in [0.3, 0.4) is 0 Å². The molecule has 2 aromatic rings. The van der Waals surface area contributed by atoms with Crippen LogP contribution >= 0.6 is 0 Å². The van der Waals surface area contributed by atoms with Crippen LogP contribution in [-0.2, 0) is 16.0 Å². The summed E-state index contributed by atoms with van der Waals surface area (Å²) in [6.07, 6.45) is 0.335. The second-order valence-electron chi connectivity index (χ2n) is 3.43. The molecule has 0 bridgehead atoms. The van der Waals surface area contributed by atoms with E-state index in [2.05, 4.69) is 10.8 Å². The minimum atomic E-state index is -0.203. The summed E-state index contributed by atoms with van der Waals surface area (Å²) >= 11 is 0. The lowest BCUT2D eigenvalue weighted by Crippen LogP contribution is -2.04. The summed E-state index contributed by atoms with van der Waals surface area (Å²) in [6, 6.07) is 14.1. The highest BCUT2D eigenvalue weighted by molar-refractivity contribution is 5.84. The Kier molecular flexibility index (Phi) is 5.21. The first-order valence-electron chi connectivity index (χ1n) is 5.84. The molecule has 0 saturated carbocycles. The topological polar surface area (TPSA) is 26.3 Å². The van der Waals surface area contributed by atoms with E-state index < -0.39 is 0 Å². The van der Waals surface area contributed by atoms with Crippen molar-refractivity contribution in [1.29, 1.82) is 0 Å². The highest BCUT2D eigenvalue weighted by Gasteiger charge is 2.02. The fourth-order valence-corrected chi connectivity index (χ4v) is 1.59. The Morgan fingerprint density at radius 3 is 2.35 bits per heavy atom. The van der Waals surface area contributed by atoms with Gasteiger partial charge < -0.3 is 4.74 Å². The smallest absolute Gasteiger partial charge is 0.309 e. The highest BCUT2D eigenvalue weighted by atomic mass is 16.5. The number of rotatable bonds is 2. The number of fused-ring (bicyclic) bond motifs is 1. The number of esters is 1. The van der Waals surface area contributed by atoms with E-state index in [1.807, 2.05) is 50.2 Å². The SMILES string of the molecule is CC.COC(=O)Cc1ccc2ccccc2c1. The van der Waals surface area contributed by atoms with Gasteiger partial charge in [-0.15, -0.1) is 0 Å². The van der Waals surface area contributed by atoms with Gasteiger partial charge in [0.25, 0.3) is 0 Å². The summed E-state index contributed by atoms with van der Waals surface area (Å²) in [5, 5.41) is 2.34. The minimum Gasteiger partial charge on any atom is -0.469 e. The number of methoxy groups -OCH3 is 1. The zero-order valence-electron chi connectivity index (χ0n) is 10.6. The third kappa shape index (κ3) is 3.59. The van der Waals surface area contributed by atoms with Gasteiger partial charge in [0.05, 0.1) is 13.5 Å². The summed E-state index contributed by atoms with van der Waals surface area (Å²) in [5.41, 5.74) is 0.987. The highest BCUT2D eigenvalue weighted by Crippen LogP contribution is 2.15. The predicted octanol–water partition coefficient (Wildman–Crippen LogP) is 3.58. The number of hydrogen-bond acceptors (Lipinski definition) is 2. The van der Waals surface area contributed by atoms with E-state index in [0.29, 0.717) is 6.42 Å². The fraction of sp³-hybridized carbons (Fsp3) is 0.267. The van der Waals surface area contributed by atoms with E-state index in [0.717, 1.165) is 10.9 Å². The molecular weight excluding hydrogens is 212 g/mol. The van der Waals surface area contributed by atoms with Gasteiger partial charge in [-0.2, -0.15) is 0 Å². The molecule has 0 unspecified atom stereocenters. The fourth-order valence-electron chi connectivity index (χ4n) is 1.59. The van der Waals surface area contributed by atoms with E-state index in [9.17, 15) is 4.79 Å². The largest absolute Gasteiger partial charge is 0.469 e. The number of carbonyl (C=O) groups is 1. The van der Waals surface area contributed by atoms with Gasteiger partial charge in [0.2, 0.25) is 0 Å². The lowest BCUT2D eigenvalue weighted by atomic mass is 10.1. The summed E-state index contributed by atoms with van der Waals surface area (Å²) in [7, 11) is 1.41. The van der Waals surface area contributed by atoms with Crippen LogP contribution in [0.4, 0.5) is 0 Å². The average Bonchev–Trinajstić information content (AvgIpc) is 2.41.